The van der Waals surface area contributed by atoms with Crippen LogP contribution in [0, 0.1) is 29.6 Å². The van der Waals surface area contributed by atoms with Crippen molar-refractivity contribution in [2.45, 2.75) is 6.92 Å². The van der Waals surface area contributed by atoms with Gasteiger partial charge in [-0.3, -0.25) is 4.79 Å². The Labute approximate surface area is 125 Å². The first-order valence-electron chi connectivity index (χ1n) is 6.18. The molecule has 0 aliphatic heterocycles. The van der Waals surface area contributed by atoms with Crippen LogP contribution >= 0.6 is 0 Å². The summed E-state index contributed by atoms with van der Waals surface area (Å²) in [5, 5.41) is 28.6. The minimum absolute atomic E-state index is 0.0120. The second kappa shape index (κ2) is 5.51. The molecule has 1 aromatic heterocycles. The summed E-state index contributed by atoms with van der Waals surface area (Å²) in [6, 6.07) is 6.47. The molecule has 4 N–H and O–H groups in total. The van der Waals surface area contributed by atoms with E-state index in [4.69, 9.17) is 10.5 Å². The zero-order chi connectivity index (χ0) is 16.4. The standard InChI is InChI=1S/C15H12N4O3/c1-7-3-11(20)8(4-12(7)22-2)13-9(5-16)14(18)19-15(21)10(13)6-17/h3-4,20H,1-2H3,(H3,18,19,21). The fourth-order valence-corrected chi connectivity index (χ4v) is 2.21. The predicted octanol–water partition coefficient (Wildman–Crippen LogP) is 1.39. The predicted molar refractivity (Wildman–Crippen MR) is 79.3 cm³/mol. The number of methoxy groups -OCH3 is 1. The molecule has 7 heteroatoms. The summed E-state index contributed by atoms with van der Waals surface area (Å²) < 4.78 is 5.18. The van der Waals surface area contributed by atoms with Crippen molar-refractivity contribution in [3.05, 3.63) is 39.2 Å². The molecule has 0 bridgehead atoms. The minimum atomic E-state index is -0.729. The van der Waals surface area contributed by atoms with Gasteiger partial charge in [0.25, 0.3) is 5.56 Å². The molecule has 22 heavy (non-hydrogen) atoms. The number of hydrogen-bond donors (Lipinski definition) is 3. The number of phenols is 1. The third-order valence-electron chi connectivity index (χ3n) is 3.25. The molecule has 0 spiro atoms. The summed E-state index contributed by atoms with van der Waals surface area (Å²) in [5.74, 6) is 0.0937. The lowest BCUT2D eigenvalue weighted by atomic mass is 9.94. The van der Waals surface area contributed by atoms with Crippen LogP contribution in [-0.2, 0) is 0 Å². The van der Waals surface area contributed by atoms with Gasteiger partial charge < -0.3 is 20.6 Å². The highest BCUT2D eigenvalue weighted by molar-refractivity contribution is 5.84. The van der Waals surface area contributed by atoms with Gasteiger partial charge in [-0.1, -0.05) is 0 Å². The molecule has 0 radical (unpaired) electrons. The van der Waals surface area contributed by atoms with Crippen molar-refractivity contribution < 1.29 is 9.84 Å². The molecule has 0 aliphatic carbocycles. The fraction of sp³-hybridized carbons (Fsp3) is 0.133. The number of aryl methyl sites for hydroxylation is 1. The first-order valence-corrected chi connectivity index (χ1v) is 6.18. The van der Waals surface area contributed by atoms with E-state index in [1.165, 1.54) is 19.2 Å². The highest BCUT2D eigenvalue weighted by Crippen LogP contribution is 2.38. The van der Waals surface area contributed by atoms with E-state index >= 15 is 0 Å². The second-order valence-electron chi connectivity index (χ2n) is 4.56. The largest absolute Gasteiger partial charge is 0.507 e. The van der Waals surface area contributed by atoms with Gasteiger partial charge >= 0.3 is 0 Å². The third kappa shape index (κ3) is 2.21. The van der Waals surface area contributed by atoms with E-state index in [-0.39, 0.29) is 33.8 Å². The number of nitriles is 2. The van der Waals surface area contributed by atoms with Crippen LogP contribution in [-0.4, -0.2) is 17.2 Å². The summed E-state index contributed by atoms with van der Waals surface area (Å²) in [5.41, 5.74) is 5.32. The number of ether oxygens (including phenoxy) is 1. The van der Waals surface area contributed by atoms with Gasteiger partial charge in [0.15, 0.2) is 0 Å². The zero-order valence-corrected chi connectivity index (χ0v) is 11.9. The molecule has 0 unspecified atom stereocenters. The highest BCUT2D eigenvalue weighted by atomic mass is 16.5. The first-order chi connectivity index (χ1) is 10.4. The van der Waals surface area contributed by atoms with Crippen LogP contribution < -0.4 is 16.0 Å². The number of nitrogens with two attached hydrogens (primary N) is 1. The van der Waals surface area contributed by atoms with Crippen molar-refractivity contribution in [1.29, 1.82) is 10.5 Å². The maximum Gasteiger partial charge on any atom is 0.268 e. The van der Waals surface area contributed by atoms with Crippen LogP contribution in [0.3, 0.4) is 0 Å². The van der Waals surface area contributed by atoms with Gasteiger partial charge in [-0.15, -0.1) is 0 Å². The number of pyridine rings is 1. The van der Waals surface area contributed by atoms with Crippen LogP contribution in [0.25, 0.3) is 11.1 Å². The van der Waals surface area contributed by atoms with Crippen LogP contribution in [0.2, 0.25) is 0 Å². The van der Waals surface area contributed by atoms with E-state index < -0.39 is 5.56 Å². The zero-order valence-electron chi connectivity index (χ0n) is 11.9. The van der Waals surface area contributed by atoms with Crippen LogP contribution in [0.4, 0.5) is 5.82 Å². The Morgan fingerprint density at radius 2 is 1.91 bits per heavy atom. The summed E-state index contributed by atoms with van der Waals surface area (Å²) in [4.78, 5) is 14.1. The average molecular weight is 296 g/mol. The van der Waals surface area contributed by atoms with Crippen LogP contribution in [0.15, 0.2) is 16.9 Å². The van der Waals surface area contributed by atoms with E-state index in [0.717, 1.165) is 0 Å². The summed E-state index contributed by atoms with van der Waals surface area (Å²) >= 11 is 0. The minimum Gasteiger partial charge on any atom is -0.507 e. The average Bonchev–Trinajstić information content (AvgIpc) is 2.47. The number of nitrogens with one attached hydrogen (secondary N) is 1. The molecule has 1 heterocycles. The number of H-pyrrole nitrogens is 1. The van der Waals surface area contributed by atoms with Gasteiger partial charge in [-0.2, -0.15) is 10.5 Å². The Morgan fingerprint density at radius 1 is 1.27 bits per heavy atom. The molecule has 2 rings (SSSR count). The smallest absolute Gasteiger partial charge is 0.268 e. The Kier molecular flexibility index (Phi) is 3.74. The van der Waals surface area contributed by atoms with Gasteiger partial charge in [0.05, 0.1) is 7.11 Å². The lowest BCUT2D eigenvalue weighted by Gasteiger charge is -2.13. The van der Waals surface area contributed by atoms with E-state index in [2.05, 4.69) is 4.98 Å². The van der Waals surface area contributed by atoms with E-state index in [1.807, 2.05) is 6.07 Å². The first kappa shape index (κ1) is 14.9. The number of aromatic hydroxyl groups is 1. The number of rotatable bonds is 2. The molecule has 110 valence electrons. The SMILES string of the molecule is COc1cc(-c2c(C#N)c(N)[nH]c(=O)c2C#N)c(O)cc1C. The van der Waals surface area contributed by atoms with Crippen molar-refractivity contribution in [1.82, 2.24) is 4.98 Å². The number of anilines is 1. The summed E-state index contributed by atoms with van der Waals surface area (Å²) in [6.07, 6.45) is 0. The Bertz CT molecular complexity index is 901. The van der Waals surface area contributed by atoms with E-state index in [1.54, 1.807) is 13.0 Å². The fourth-order valence-electron chi connectivity index (χ4n) is 2.21. The number of nitrogens with zero attached hydrogens (tertiary/aromatic N) is 2. The van der Waals surface area contributed by atoms with Gasteiger partial charge in [0.2, 0.25) is 0 Å². The maximum atomic E-state index is 11.9. The molecule has 0 atom stereocenters. The molecule has 0 fully saturated rings. The normalized spacial score (nSPS) is 9.82. The monoisotopic (exact) mass is 296 g/mol. The van der Waals surface area contributed by atoms with Gasteiger partial charge in [-0.05, 0) is 24.6 Å². The highest BCUT2D eigenvalue weighted by Gasteiger charge is 2.21. The molecule has 0 aliphatic rings. The van der Waals surface area contributed by atoms with Gasteiger partial charge in [0.1, 0.15) is 40.6 Å². The van der Waals surface area contributed by atoms with E-state index in [9.17, 15) is 20.4 Å². The van der Waals surface area contributed by atoms with Crippen molar-refractivity contribution in [2.24, 2.45) is 0 Å². The molecule has 2 aromatic rings. The quantitative estimate of drug-likeness (QED) is 0.766. The number of phenolic OH excluding ortho intramolecular Hbond substituents is 1. The van der Waals surface area contributed by atoms with Crippen LogP contribution in [0.5, 0.6) is 11.5 Å². The van der Waals surface area contributed by atoms with Crippen molar-refractivity contribution in [3.63, 3.8) is 0 Å². The molecule has 1 aromatic carbocycles. The number of hydrogen-bond acceptors (Lipinski definition) is 6. The van der Waals surface area contributed by atoms with E-state index in [0.29, 0.717) is 11.3 Å². The number of benzene rings is 1. The van der Waals surface area contributed by atoms with Crippen molar-refractivity contribution >= 4 is 5.82 Å². The number of aromatic nitrogens is 1. The van der Waals surface area contributed by atoms with Crippen LogP contribution in [0.1, 0.15) is 16.7 Å². The molecule has 0 saturated carbocycles. The number of nitrogen functional groups attached to an aromatic ring is 1. The lowest BCUT2D eigenvalue weighted by molar-refractivity contribution is 0.409. The summed E-state index contributed by atoms with van der Waals surface area (Å²) in [7, 11) is 1.45. The molecule has 7 nitrogen and oxygen atoms in total. The van der Waals surface area contributed by atoms with Gasteiger partial charge in [0, 0.05) is 11.1 Å². The Hall–Kier alpha value is -3.45. The van der Waals surface area contributed by atoms with Gasteiger partial charge in [-0.25, -0.2) is 0 Å². The molecule has 0 saturated heterocycles. The lowest BCUT2D eigenvalue weighted by Crippen LogP contribution is -2.16. The molecule has 0 amide bonds. The molecular formula is C15H12N4O3. The Morgan fingerprint density at radius 3 is 2.45 bits per heavy atom. The van der Waals surface area contributed by atoms with Crippen molar-refractivity contribution in [2.75, 3.05) is 12.8 Å². The van der Waals surface area contributed by atoms with Crippen molar-refractivity contribution in [3.8, 4) is 34.8 Å². The maximum absolute atomic E-state index is 11.9. The third-order valence-corrected chi connectivity index (χ3v) is 3.25. The Balaban J connectivity index is 2.98. The number of aromatic amines is 1. The topological polar surface area (TPSA) is 136 Å². The molecular weight excluding hydrogens is 284 g/mol. The second-order valence-corrected chi connectivity index (χ2v) is 4.56. The summed E-state index contributed by atoms with van der Waals surface area (Å²) in [6.45, 7) is 1.73.